The van der Waals surface area contributed by atoms with Crippen LogP contribution in [0.4, 0.5) is 11.4 Å². The highest BCUT2D eigenvalue weighted by molar-refractivity contribution is 9.10. The molecule has 1 aliphatic carbocycles. The van der Waals surface area contributed by atoms with Gasteiger partial charge in [-0.05, 0) is 71.5 Å². The highest BCUT2D eigenvalue weighted by Crippen LogP contribution is 2.45. The molecule has 1 aromatic carbocycles. The van der Waals surface area contributed by atoms with E-state index in [0.717, 1.165) is 34.1 Å². The molecule has 5 nitrogen and oxygen atoms in total. The molecule has 0 spiro atoms. The van der Waals surface area contributed by atoms with Gasteiger partial charge in [0.05, 0.1) is 22.5 Å². The Labute approximate surface area is 157 Å². The van der Waals surface area contributed by atoms with Gasteiger partial charge in [0.15, 0.2) is 0 Å². The summed E-state index contributed by atoms with van der Waals surface area (Å²) in [4.78, 5) is 0. The molecule has 0 amide bonds. The lowest BCUT2D eigenvalue weighted by Gasteiger charge is -2.25. The summed E-state index contributed by atoms with van der Waals surface area (Å²) in [6.45, 7) is 6.63. The maximum Gasteiger partial charge on any atom is 0.143 e. The van der Waals surface area contributed by atoms with Crippen LogP contribution in [0.5, 0.6) is 5.75 Å². The first-order valence-corrected chi connectivity index (χ1v) is 9.24. The SMILES string of the molecule is C=C(C=CC(=CC)Oc1ccc2c(c1Br)NN(C)N2CC1CC1)CO. The van der Waals surface area contributed by atoms with E-state index < -0.39 is 0 Å². The Balaban J connectivity index is 1.79. The first-order chi connectivity index (χ1) is 12.0. The quantitative estimate of drug-likeness (QED) is 0.524. The second-order valence-corrected chi connectivity index (χ2v) is 7.17. The molecule has 0 bridgehead atoms. The zero-order chi connectivity index (χ0) is 18.0. The van der Waals surface area contributed by atoms with Crippen LogP contribution in [0.1, 0.15) is 19.8 Å². The summed E-state index contributed by atoms with van der Waals surface area (Å²) < 4.78 is 6.90. The Hall–Kier alpha value is -1.76. The fraction of sp³-hybridized carbons (Fsp3) is 0.368. The number of rotatable bonds is 7. The number of hydrogen-bond acceptors (Lipinski definition) is 5. The molecule has 1 aromatic rings. The van der Waals surface area contributed by atoms with Gasteiger partial charge in [-0.25, -0.2) is 0 Å². The summed E-state index contributed by atoms with van der Waals surface area (Å²) in [6, 6.07) is 4.06. The number of hydrogen-bond donors (Lipinski definition) is 2. The number of anilines is 2. The van der Waals surface area contributed by atoms with Gasteiger partial charge in [-0.15, -0.1) is 5.12 Å². The minimum absolute atomic E-state index is 0.0664. The van der Waals surface area contributed by atoms with E-state index in [-0.39, 0.29) is 6.61 Å². The standard InChI is InChI=1S/C19H24BrN3O2/c1-4-15(8-5-13(2)12-24)25-17-10-9-16-19(18(17)20)21-22(3)23(16)11-14-6-7-14/h4-5,8-10,14,21,24H,2,6-7,11-12H2,1,3H3. The van der Waals surface area contributed by atoms with Crippen molar-refractivity contribution in [1.82, 2.24) is 5.12 Å². The predicted octanol–water partition coefficient (Wildman–Crippen LogP) is 4.24. The number of allylic oxidation sites excluding steroid dienone is 2. The van der Waals surface area contributed by atoms with Gasteiger partial charge in [0.2, 0.25) is 0 Å². The van der Waals surface area contributed by atoms with E-state index in [1.54, 1.807) is 12.2 Å². The van der Waals surface area contributed by atoms with E-state index in [1.165, 1.54) is 12.8 Å². The number of nitrogens with one attached hydrogen (secondary N) is 1. The maximum atomic E-state index is 9.04. The van der Waals surface area contributed by atoms with Gasteiger partial charge in [-0.1, -0.05) is 12.7 Å². The fourth-order valence-corrected chi connectivity index (χ4v) is 3.17. The van der Waals surface area contributed by atoms with Crippen LogP contribution >= 0.6 is 15.9 Å². The molecule has 0 atom stereocenters. The fourth-order valence-electron chi connectivity index (χ4n) is 2.67. The van der Waals surface area contributed by atoms with Crippen molar-refractivity contribution < 1.29 is 9.84 Å². The molecule has 134 valence electrons. The van der Waals surface area contributed by atoms with E-state index in [1.807, 2.05) is 31.2 Å². The van der Waals surface area contributed by atoms with E-state index in [9.17, 15) is 0 Å². The molecule has 25 heavy (non-hydrogen) atoms. The Bertz CT molecular complexity index is 726. The molecule has 0 saturated heterocycles. The van der Waals surface area contributed by atoms with Crippen LogP contribution in [0.2, 0.25) is 0 Å². The summed E-state index contributed by atoms with van der Waals surface area (Å²) in [7, 11) is 2.02. The van der Waals surface area contributed by atoms with Crippen LogP contribution in [-0.4, -0.2) is 30.4 Å². The lowest BCUT2D eigenvalue weighted by Crippen LogP contribution is -2.39. The van der Waals surface area contributed by atoms with Crippen LogP contribution in [-0.2, 0) is 0 Å². The van der Waals surface area contributed by atoms with Crippen LogP contribution in [0, 0.1) is 5.92 Å². The largest absolute Gasteiger partial charge is 0.456 e. The number of aliphatic hydroxyl groups excluding tert-OH is 1. The molecule has 0 unspecified atom stereocenters. The zero-order valence-electron chi connectivity index (χ0n) is 14.6. The van der Waals surface area contributed by atoms with Crippen molar-refractivity contribution in [2.75, 3.05) is 30.6 Å². The molecule has 1 fully saturated rings. The predicted molar refractivity (Wildman–Crippen MR) is 105 cm³/mol. The van der Waals surface area contributed by atoms with Crippen molar-refractivity contribution in [3.8, 4) is 5.75 Å². The van der Waals surface area contributed by atoms with Crippen molar-refractivity contribution in [3.05, 3.63) is 52.7 Å². The molecule has 1 aliphatic heterocycles. The van der Waals surface area contributed by atoms with Crippen LogP contribution < -0.4 is 15.2 Å². The van der Waals surface area contributed by atoms with Gasteiger partial charge in [-0.2, -0.15) is 0 Å². The summed E-state index contributed by atoms with van der Waals surface area (Å²) in [5.41, 5.74) is 6.19. The van der Waals surface area contributed by atoms with Crippen LogP contribution in [0.15, 0.2) is 52.7 Å². The third kappa shape index (κ3) is 4.08. The second-order valence-electron chi connectivity index (χ2n) is 6.38. The number of benzene rings is 1. The topological polar surface area (TPSA) is 48.0 Å². The summed E-state index contributed by atoms with van der Waals surface area (Å²) in [6.07, 6.45) is 8.06. The van der Waals surface area contributed by atoms with Gasteiger partial charge in [0.1, 0.15) is 11.5 Å². The molecule has 1 saturated carbocycles. The third-order valence-electron chi connectivity index (χ3n) is 4.33. The third-order valence-corrected chi connectivity index (χ3v) is 5.11. The van der Waals surface area contributed by atoms with E-state index in [0.29, 0.717) is 11.3 Å². The molecule has 2 N–H and O–H groups in total. The molecule has 6 heteroatoms. The molecule has 1 heterocycles. The van der Waals surface area contributed by atoms with Gasteiger partial charge in [0.25, 0.3) is 0 Å². The molecule has 0 radical (unpaired) electrons. The van der Waals surface area contributed by atoms with Crippen molar-refractivity contribution in [3.63, 3.8) is 0 Å². The Morgan fingerprint density at radius 3 is 2.84 bits per heavy atom. The lowest BCUT2D eigenvalue weighted by atomic mass is 10.2. The van der Waals surface area contributed by atoms with Gasteiger partial charge < -0.3 is 9.84 Å². The highest BCUT2D eigenvalue weighted by atomic mass is 79.9. The first-order valence-electron chi connectivity index (χ1n) is 8.44. The van der Waals surface area contributed by atoms with Gasteiger partial charge in [-0.3, -0.25) is 10.4 Å². The zero-order valence-corrected chi connectivity index (χ0v) is 16.2. The van der Waals surface area contributed by atoms with E-state index in [2.05, 4.69) is 39.0 Å². The second kappa shape index (κ2) is 7.64. The number of fused-ring (bicyclic) bond motifs is 1. The normalized spacial score (nSPS) is 17.8. The summed E-state index contributed by atoms with van der Waals surface area (Å²) in [5, 5.41) is 13.3. The van der Waals surface area contributed by atoms with Crippen molar-refractivity contribution in [2.45, 2.75) is 19.8 Å². The van der Waals surface area contributed by atoms with Crippen molar-refractivity contribution in [1.29, 1.82) is 0 Å². The maximum absolute atomic E-state index is 9.04. The number of halogens is 1. The van der Waals surface area contributed by atoms with Crippen LogP contribution in [0.25, 0.3) is 0 Å². The minimum Gasteiger partial charge on any atom is -0.456 e. The molecular weight excluding hydrogens is 382 g/mol. The first kappa shape index (κ1) is 18.0. The lowest BCUT2D eigenvalue weighted by molar-refractivity contribution is 0.335. The Kier molecular flexibility index (Phi) is 5.51. The van der Waals surface area contributed by atoms with Gasteiger partial charge in [0, 0.05) is 13.6 Å². The average molecular weight is 406 g/mol. The van der Waals surface area contributed by atoms with Crippen molar-refractivity contribution >= 4 is 27.3 Å². The summed E-state index contributed by atoms with van der Waals surface area (Å²) >= 11 is 3.67. The summed E-state index contributed by atoms with van der Waals surface area (Å²) in [5.74, 6) is 2.22. The van der Waals surface area contributed by atoms with Gasteiger partial charge >= 0.3 is 0 Å². The monoisotopic (exact) mass is 405 g/mol. The Morgan fingerprint density at radius 2 is 2.20 bits per heavy atom. The molecule has 3 rings (SSSR count). The molecule has 2 aliphatic rings. The van der Waals surface area contributed by atoms with Crippen molar-refractivity contribution in [2.24, 2.45) is 5.92 Å². The van der Waals surface area contributed by atoms with Crippen LogP contribution in [0.3, 0.4) is 0 Å². The number of aliphatic hydroxyl groups is 1. The number of hydrazine groups is 2. The van der Waals surface area contributed by atoms with E-state index >= 15 is 0 Å². The Morgan fingerprint density at radius 1 is 1.44 bits per heavy atom. The smallest absolute Gasteiger partial charge is 0.143 e. The number of nitrogens with zero attached hydrogens (tertiary/aromatic N) is 2. The number of ether oxygens (including phenoxy) is 1. The van der Waals surface area contributed by atoms with E-state index in [4.69, 9.17) is 9.84 Å². The highest BCUT2D eigenvalue weighted by Gasteiger charge is 2.32. The minimum atomic E-state index is -0.0664. The molecular formula is C19H24BrN3O2. The average Bonchev–Trinajstić information content (AvgIpc) is 3.37. The molecule has 0 aromatic heterocycles.